The van der Waals surface area contributed by atoms with E-state index in [2.05, 4.69) is 15.1 Å². The minimum atomic E-state index is -1.12. The van der Waals surface area contributed by atoms with Crippen molar-refractivity contribution in [3.63, 3.8) is 0 Å². The van der Waals surface area contributed by atoms with Crippen LogP contribution < -0.4 is 20.2 Å². The molecule has 0 aromatic heterocycles. The fraction of sp³-hybridized carbons (Fsp3) is 0.417. The Kier molecular flexibility index (Phi) is 6.66. The quantitative estimate of drug-likeness (QED) is 0.772. The van der Waals surface area contributed by atoms with E-state index in [-0.39, 0.29) is 5.91 Å². The largest absolute Gasteiger partial charge is 0.550 e. The van der Waals surface area contributed by atoms with E-state index in [0.29, 0.717) is 18.5 Å². The number of anilines is 3. The van der Waals surface area contributed by atoms with Crippen molar-refractivity contribution in [1.82, 2.24) is 0 Å². The second kappa shape index (κ2) is 9.60. The predicted molar refractivity (Wildman–Crippen MR) is 121 cm³/mol. The lowest BCUT2D eigenvalue weighted by atomic mass is 9.78. The van der Waals surface area contributed by atoms with E-state index >= 15 is 0 Å². The molecule has 0 radical (unpaired) electrons. The number of halogens is 1. The average molecular weight is 441 g/mol. The molecule has 31 heavy (non-hydrogen) atoms. The third-order valence-corrected chi connectivity index (χ3v) is 6.63. The van der Waals surface area contributed by atoms with Crippen LogP contribution in [0.4, 0.5) is 17.1 Å². The summed E-state index contributed by atoms with van der Waals surface area (Å²) in [6, 6.07) is 15.7. The Labute approximate surface area is 187 Å². The topological polar surface area (TPSA) is 75.7 Å². The van der Waals surface area contributed by atoms with E-state index in [1.165, 1.54) is 5.69 Å². The van der Waals surface area contributed by atoms with Crippen LogP contribution in [-0.2, 0) is 9.59 Å². The second-order valence-corrected chi connectivity index (χ2v) is 8.74. The molecular formula is C24H27ClN3O3-. The first-order valence-electron chi connectivity index (χ1n) is 10.9. The molecule has 0 unspecified atom stereocenters. The van der Waals surface area contributed by atoms with Crippen LogP contribution in [0, 0.1) is 11.8 Å². The van der Waals surface area contributed by atoms with Crippen molar-refractivity contribution in [3.8, 4) is 0 Å². The highest BCUT2D eigenvalue weighted by molar-refractivity contribution is 6.30. The Balaban J connectivity index is 1.33. The molecule has 1 saturated heterocycles. The number of rotatable bonds is 5. The molecule has 0 bridgehead atoms. The second-order valence-electron chi connectivity index (χ2n) is 8.30. The van der Waals surface area contributed by atoms with Crippen LogP contribution in [0.2, 0.25) is 5.02 Å². The fourth-order valence-corrected chi connectivity index (χ4v) is 4.72. The summed E-state index contributed by atoms with van der Waals surface area (Å²) < 4.78 is 0. The Morgan fingerprint density at radius 3 is 1.81 bits per heavy atom. The highest BCUT2D eigenvalue weighted by atomic mass is 35.5. The number of nitrogens with one attached hydrogen (secondary N) is 1. The molecule has 4 rings (SSSR count). The summed E-state index contributed by atoms with van der Waals surface area (Å²) in [5.74, 6) is -2.55. The number of hydrogen-bond acceptors (Lipinski definition) is 5. The van der Waals surface area contributed by atoms with Crippen LogP contribution in [0.1, 0.15) is 25.7 Å². The van der Waals surface area contributed by atoms with Gasteiger partial charge in [0.05, 0.1) is 0 Å². The van der Waals surface area contributed by atoms with Gasteiger partial charge in [-0.05, 0) is 61.4 Å². The first kappa shape index (κ1) is 21.5. The molecule has 2 aromatic carbocycles. The molecule has 7 heteroatoms. The van der Waals surface area contributed by atoms with E-state index < -0.39 is 17.8 Å². The van der Waals surface area contributed by atoms with Gasteiger partial charge >= 0.3 is 0 Å². The number of hydrogen-bond donors (Lipinski definition) is 1. The monoisotopic (exact) mass is 440 g/mol. The molecule has 1 N–H and O–H groups in total. The Bertz CT molecular complexity index is 909. The van der Waals surface area contributed by atoms with Gasteiger partial charge in [-0.15, -0.1) is 0 Å². The molecular weight excluding hydrogens is 414 g/mol. The number of piperazine rings is 1. The van der Waals surface area contributed by atoms with E-state index in [0.717, 1.165) is 49.7 Å². The molecule has 1 saturated carbocycles. The zero-order valence-electron chi connectivity index (χ0n) is 17.4. The summed E-state index contributed by atoms with van der Waals surface area (Å²) in [7, 11) is 0. The van der Waals surface area contributed by atoms with Crippen molar-refractivity contribution in [1.29, 1.82) is 0 Å². The van der Waals surface area contributed by atoms with Gasteiger partial charge in [-0.25, -0.2) is 0 Å². The minimum Gasteiger partial charge on any atom is -0.550 e. The maximum Gasteiger partial charge on any atom is 0.228 e. The molecule has 2 fully saturated rings. The van der Waals surface area contributed by atoms with Gasteiger partial charge in [0.1, 0.15) is 0 Å². The van der Waals surface area contributed by atoms with Crippen molar-refractivity contribution in [2.75, 3.05) is 41.3 Å². The van der Waals surface area contributed by atoms with E-state index in [1.54, 1.807) is 0 Å². The maximum absolute atomic E-state index is 12.6. The molecule has 164 valence electrons. The smallest absolute Gasteiger partial charge is 0.228 e. The molecule has 0 spiro atoms. The van der Waals surface area contributed by atoms with Crippen molar-refractivity contribution in [3.05, 3.63) is 53.6 Å². The van der Waals surface area contributed by atoms with E-state index in [9.17, 15) is 14.7 Å². The summed E-state index contributed by atoms with van der Waals surface area (Å²) in [6.07, 6.45) is 2.83. The summed E-state index contributed by atoms with van der Waals surface area (Å²) in [4.78, 5) is 28.7. The van der Waals surface area contributed by atoms with Gasteiger partial charge in [-0.1, -0.05) is 24.4 Å². The predicted octanol–water partition coefficient (Wildman–Crippen LogP) is 3.16. The number of carboxylic acid groups (broad SMARTS) is 1. The van der Waals surface area contributed by atoms with Gasteiger partial charge in [0.15, 0.2) is 0 Å². The van der Waals surface area contributed by atoms with Gasteiger partial charge in [0.25, 0.3) is 0 Å². The van der Waals surface area contributed by atoms with Gasteiger partial charge in [0, 0.05) is 66.1 Å². The maximum atomic E-state index is 12.6. The first-order valence-corrected chi connectivity index (χ1v) is 11.3. The third-order valence-electron chi connectivity index (χ3n) is 6.38. The molecule has 1 aliphatic heterocycles. The SMILES string of the molecule is O=C([O-])[C@H]1CCCC[C@H]1C(=O)Nc1ccc(N2CCN(c3ccc(Cl)cc3)CC2)cc1. The number of benzene rings is 2. The van der Waals surface area contributed by atoms with Crippen LogP contribution in [0.15, 0.2) is 48.5 Å². The summed E-state index contributed by atoms with van der Waals surface area (Å²) in [6.45, 7) is 3.66. The highest BCUT2D eigenvalue weighted by Crippen LogP contribution is 2.31. The summed E-state index contributed by atoms with van der Waals surface area (Å²) in [5, 5.41) is 15.0. The zero-order valence-corrected chi connectivity index (χ0v) is 18.2. The van der Waals surface area contributed by atoms with Crippen molar-refractivity contribution in [2.24, 2.45) is 11.8 Å². The molecule has 6 nitrogen and oxygen atoms in total. The Hall–Kier alpha value is -2.73. The number of aliphatic carboxylic acids is 1. The normalized spacial score (nSPS) is 21.6. The number of nitrogens with zero attached hydrogens (tertiary/aromatic N) is 2. The van der Waals surface area contributed by atoms with Crippen LogP contribution in [0.25, 0.3) is 0 Å². The zero-order chi connectivity index (χ0) is 21.8. The summed E-state index contributed by atoms with van der Waals surface area (Å²) in [5.41, 5.74) is 2.98. The lowest BCUT2D eigenvalue weighted by Gasteiger charge is -2.37. The van der Waals surface area contributed by atoms with Crippen LogP contribution in [-0.4, -0.2) is 38.1 Å². The molecule has 1 aliphatic carbocycles. The summed E-state index contributed by atoms with van der Waals surface area (Å²) >= 11 is 5.98. The molecule has 1 amide bonds. The van der Waals surface area contributed by atoms with Gasteiger partial charge in [-0.3, -0.25) is 4.79 Å². The Morgan fingerprint density at radius 2 is 1.29 bits per heavy atom. The average Bonchev–Trinajstić information content (AvgIpc) is 2.80. The first-order chi connectivity index (χ1) is 15.0. The standard InChI is InChI=1S/C24H28ClN3O3/c25-17-5-9-19(10-6-17)27-13-15-28(16-14-27)20-11-7-18(8-12-20)26-23(29)21-3-1-2-4-22(21)24(30)31/h5-12,21-22H,1-4,13-16H2,(H,26,29)(H,30,31)/p-1/t21-,22+/m1/s1. The van der Waals surface area contributed by atoms with Crippen LogP contribution in [0.5, 0.6) is 0 Å². The van der Waals surface area contributed by atoms with Crippen molar-refractivity contribution >= 4 is 40.5 Å². The number of carbonyl (C=O) groups excluding carboxylic acids is 2. The van der Waals surface area contributed by atoms with E-state index in [4.69, 9.17) is 11.6 Å². The van der Waals surface area contributed by atoms with Crippen molar-refractivity contribution < 1.29 is 14.7 Å². The molecule has 1 heterocycles. The van der Waals surface area contributed by atoms with Gasteiger partial charge in [0.2, 0.25) is 5.91 Å². The molecule has 2 aliphatic rings. The van der Waals surface area contributed by atoms with E-state index in [1.807, 2.05) is 48.5 Å². The lowest BCUT2D eigenvalue weighted by Crippen LogP contribution is -2.46. The highest BCUT2D eigenvalue weighted by Gasteiger charge is 2.31. The molecule has 2 aromatic rings. The number of carboxylic acids is 1. The lowest BCUT2D eigenvalue weighted by molar-refractivity contribution is -0.313. The van der Waals surface area contributed by atoms with Crippen molar-refractivity contribution in [2.45, 2.75) is 25.7 Å². The van der Waals surface area contributed by atoms with Gasteiger partial charge in [-0.2, -0.15) is 0 Å². The fourth-order valence-electron chi connectivity index (χ4n) is 4.59. The third kappa shape index (κ3) is 5.13. The molecule has 2 atom stereocenters. The minimum absolute atomic E-state index is 0.224. The van der Waals surface area contributed by atoms with Gasteiger partial charge < -0.3 is 25.0 Å². The number of carbonyl (C=O) groups is 2. The number of amides is 1. The van der Waals surface area contributed by atoms with Crippen LogP contribution in [0.3, 0.4) is 0 Å². The van der Waals surface area contributed by atoms with Crippen LogP contribution >= 0.6 is 11.6 Å². The Morgan fingerprint density at radius 1 is 0.806 bits per heavy atom.